The summed E-state index contributed by atoms with van der Waals surface area (Å²) in [6, 6.07) is 19.0. The van der Waals surface area contributed by atoms with Crippen LogP contribution in [-0.2, 0) is 6.42 Å². The fourth-order valence-corrected chi connectivity index (χ4v) is 3.25. The van der Waals surface area contributed by atoms with Crippen LogP contribution in [0.4, 0.5) is 0 Å². The van der Waals surface area contributed by atoms with E-state index in [4.69, 9.17) is 0 Å². The first-order valence-corrected chi connectivity index (χ1v) is 8.16. The average Bonchev–Trinajstić information content (AvgIpc) is 2.47. The second-order valence-corrected chi connectivity index (χ2v) is 6.76. The molecule has 2 aromatic carbocycles. The number of aromatic nitrogens is 1. The van der Waals surface area contributed by atoms with Crippen LogP contribution < -0.4 is 0 Å². The molecule has 0 saturated heterocycles. The molecule has 1 unspecified atom stereocenters. The minimum Gasteiger partial charge on any atom is -0.261 e. The fraction of sp³-hybridized carbons (Fsp3) is 0.118. The van der Waals surface area contributed by atoms with Crippen molar-refractivity contribution in [1.82, 2.24) is 4.98 Å². The summed E-state index contributed by atoms with van der Waals surface area (Å²) in [5.41, 5.74) is 2.38. The number of alkyl halides is 1. The summed E-state index contributed by atoms with van der Waals surface area (Å²) >= 11 is 7.28. The van der Waals surface area contributed by atoms with Crippen LogP contribution in [-0.4, -0.2) is 4.98 Å². The van der Waals surface area contributed by atoms with Crippen molar-refractivity contribution in [3.63, 3.8) is 0 Å². The van der Waals surface area contributed by atoms with Gasteiger partial charge < -0.3 is 0 Å². The molecule has 0 fully saturated rings. The Labute approximate surface area is 135 Å². The third kappa shape index (κ3) is 3.10. The summed E-state index contributed by atoms with van der Waals surface area (Å²) in [6.45, 7) is 0. The quantitative estimate of drug-likeness (QED) is 0.524. The summed E-state index contributed by atoms with van der Waals surface area (Å²) in [7, 11) is 0. The van der Waals surface area contributed by atoms with Crippen molar-refractivity contribution in [3.8, 4) is 0 Å². The number of pyridine rings is 1. The first kappa shape index (κ1) is 13.8. The predicted molar refractivity (Wildman–Crippen MR) is 91.3 cm³/mol. The number of benzene rings is 2. The first-order chi connectivity index (χ1) is 9.72. The highest BCUT2D eigenvalue weighted by Gasteiger charge is 2.10. The van der Waals surface area contributed by atoms with Gasteiger partial charge in [0.15, 0.2) is 0 Å². The van der Waals surface area contributed by atoms with Gasteiger partial charge in [0, 0.05) is 27.6 Å². The van der Waals surface area contributed by atoms with Crippen LogP contribution in [0.5, 0.6) is 0 Å². The van der Waals surface area contributed by atoms with Crippen molar-refractivity contribution in [2.75, 3.05) is 0 Å². The molecule has 0 N–H and O–H groups in total. The van der Waals surface area contributed by atoms with Crippen LogP contribution in [0.25, 0.3) is 10.8 Å². The molecular formula is C17H13Br2N. The third-order valence-electron chi connectivity index (χ3n) is 3.30. The zero-order valence-corrected chi connectivity index (χ0v) is 13.9. The van der Waals surface area contributed by atoms with Crippen LogP contribution in [0.15, 0.2) is 65.3 Å². The van der Waals surface area contributed by atoms with E-state index in [0.717, 1.165) is 16.6 Å². The van der Waals surface area contributed by atoms with Gasteiger partial charge in [-0.05, 0) is 40.6 Å². The Kier molecular flexibility index (Phi) is 4.18. The molecule has 20 heavy (non-hydrogen) atoms. The minimum atomic E-state index is 0.283. The topological polar surface area (TPSA) is 12.9 Å². The number of hydrogen-bond acceptors (Lipinski definition) is 1. The van der Waals surface area contributed by atoms with E-state index < -0.39 is 0 Å². The van der Waals surface area contributed by atoms with E-state index in [2.05, 4.69) is 79.3 Å². The maximum Gasteiger partial charge on any atom is 0.0450 e. The highest BCUT2D eigenvalue weighted by atomic mass is 79.9. The zero-order valence-electron chi connectivity index (χ0n) is 10.8. The number of nitrogens with zero attached hydrogens (tertiary/aromatic N) is 1. The maximum absolute atomic E-state index is 4.38. The smallest absolute Gasteiger partial charge is 0.0450 e. The highest BCUT2D eigenvalue weighted by molar-refractivity contribution is 9.10. The van der Waals surface area contributed by atoms with Gasteiger partial charge in [0.2, 0.25) is 0 Å². The van der Waals surface area contributed by atoms with Crippen LogP contribution in [0.3, 0.4) is 0 Å². The van der Waals surface area contributed by atoms with Gasteiger partial charge in [0.25, 0.3) is 0 Å². The van der Waals surface area contributed by atoms with Crippen LogP contribution in [0.2, 0.25) is 0 Å². The third-order valence-corrected chi connectivity index (χ3v) is 4.65. The number of fused-ring (bicyclic) bond motifs is 1. The normalized spacial score (nSPS) is 12.5. The van der Waals surface area contributed by atoms with Crippen molar-refractivity contribution >= 4 is 42.6 Å². The molecule has 1 atom stereocenters. The summed E-state index contributed by atoms with van der Waals surface area (Å²) < 4.78 is 1.11. The molecule has 0 bridgehead atoms. The van der Waals surface area contributed by atoms with E-state index in [0.29, 0.717) is 0 Å². The Hall–Kier alpha value is -1.19. The molecule has 0 aliphatic rings. The molecule has 0 saturated carbocycles. The molecule has 0 radical (unpaired) electrons. The van der Waals surface area contributed by atoms with Gasteiger partial charge in [0.05, 0.1) is 0 Å². The Bertz CT molecular complexity index is 725. The summed E-state index contributed by atoms with van der Waals surface area (Å²) in [5, 5.41) is 2.51. The van der Waals surface area contributed by atoms with E-state index in [9.17, 15) is 0 Å². The molecule has 1 aromatic heterocycles. The number of hydrogen-bond donors (Lipinski definition) is 0. The zero-order chi connectivity index (χ0) is 13.9. The van der Waals surface area contributed by atoms with Crippen molar-refractivity contribution < 1.29 is 0 Å². The second kappa shape index (κ2) is 6.06. The van der Waals surface area contributed by atoms with Crippen LogP contribution in [0.1, 0.15) is 16.1 Å². The molecular weight excluding hydrogens is 378 g/mol. The van der Waals surface area contributed by atoms with Gasteiger partial charge in [-0.15, -0.1) is 0 Å². The molecule has 1 nitrogen and oxygen atoms in total. The Morgan fingerprint density at radius 2 is 1.75 bits per heavy atom. The molecule has 0 aliphatic heterocycles. The SMILES string of the molecule is Brc1ccc2cc(C(Br)Cc3ccccn3)ccc2c1. The second-order valence-electron chi connectivity index (χ2n) is 4.74. The minimum absolute atomic E-state index is 0.283. The van der Waals surface area contributed by atoms with Gasteiger partial charge in [0.1, 0.15) is 0 Å². The lowest BCUT2D eigenvalue weighted by Crippen LogP contribution is -1.97. The van der Waals surface area contributed by atoms with Gasteiger partial charge >= 0.3 is 0 Å². The maximum atomic E-state index is 4.38. The standard InChI is InChI=1S/C17H13Br2N/c18-15-7-6-12-9-14(5-4-13(12)10-15)17(19)11-16-3-1-2-8-20-16/h1-10,17H,11H2. The average molecular weight is 391 g/mol. The molecule has 0 spiro atoms. The van der Waals surface area contributed by atoms with Crippen molar-refractivity contribution in [2.45, 2.75) is 11.2 Å². The molecule has 1 heterocycles. The lowest BCUT2D eigenvalue weighted by molar-refractivity contribution is 0.906. The van der Waals surface area contributed by atoms with E-state index in [-0.39, 0.29) is 4.83 Å². The Balaban J connectivity index is 1.88. The summed E-state index contributed by atoms with van der Waals surface area (Å²) in [5.74, 6) is 0. The molecule has 3 aromatic rings. The molecule has 0 aliphatic carbocycles. The van der Waals surface area contributed by atoms with Crippen LogP contribution >= 0.6 is 31.9 Å². The number of halogens is 2. The molecule has 3 rings (SSSR count). The Morgan fingerprint density at radius 1 is 0.950 bits per heavy atom. The predicted octanol–water partition coefficient (Wildman–Crippen LogP) is 5.68. The van der Waals surface area contributed by atoms with E-state index in [1.54, 1.807) is 0 Å². The molecule has 3 heteroatoms. The Morgan fingerprint density at radius 3 is 2.55 bits per heavy atom. The summed E-state index contributed by atoms with van der Waals surface area (Å²) in [4.78, 5) is 4.66. The van der Waals surface area contributed by atoms with Crippen molar-refractivity contribution in [2.24, 2.45) is 0 Å². The molecule has 100 valence electrons. The largest absolute Gasteiger partial charge is 0.261 e. The van der Waals surface area contributed by atoms with Crippen molar-refractivity contribution in [1.29, 1.82) is 0 Å². The highest BCUT2D eigenvalue weighted by Crippen LogP contribution is 2.30. The molecule has 0 amide bonds. The first-order valence-electron chi connectivity index (χ1n) is 6.45. The number of rotatable bonds is 3. The monoisotopic (exact) mass is 389 g/mol. The van der Waals surface area contributed by atoms with E-state index >= 15 is 0 Å². The van der Waals surface area contributed by atoms with Gasteiger partial charge in [-0.1, -0.05) is 62.2 Å². The van der Waals surface area contributed by atoms with Gasteiger partial charge in [-0.25, -0.2) is 0 Å². The lowest BCUT2D eigenvalue weighted by Gasteiger charge is -2.11. The van der Waals surface area contributed by atoms with Crippen molar-refractivity contribution in [3.05, 3.63) is 76.5 Å². The fourth-order valence-electron chi connectivity index (χ4n) is 2.25. The van der Waals surface area contributed by atoms with E-state index in [1.165, 1.54) is 16.3 Å². The van der Waals surface area contributed by atoms with E-state index in [1.807, 2.05) is 18.3 Å². The summed E-state index contributed by atoms with van der Waals surface area (Å²) in [6.07, 6.45) is 2.73. The van der Waals surface area contributed by atoms with Gasteiger partial charge in [-0.2, -0.15) is 0 Å². The van der Waals surface area contributed by atoms with Gasteiger partial charge in [-0.3, -0.25) is 4.98 Å². The van der Waals surface area contributed by atoms with Crippen LogP contribution in [0, 0.1) is 0 Å². The lowest BCUT2D eigenvalue weighted by atomic mass is 10.0.